The van der Waals surface area contributed by atoms with E-state index in [-0.39, 0.29) is 11.1 Å². The lowest BCUT2D eigenvalue weighted by Gasteiger charge is -2.34. The molecule has 0 spiro atoms. The molecule has 2 N–H and O–H groups in total. The average molecular weight is 251 g/mol. The van der Waals surface area contributed by atoms with Crippen LogP contribution in [0.2, 0.25) is 0 Å². The lowest BCUT2D eigenvalue weighted by atomic mass is 9.76. The molecule has 1 aromatic heterocycles. The summed E-state index contributed by atoms with van der Waals surface area (Å²) in [4.78, 5) is 0. The van der Waals surface area contributed by atoms with Crippen molar-refractivity contribution >= 4 is 11.0 Å². The van der Waals surface area contributed by atoms with Crippen LogP contribution in [0.5, 0.6) is 0 Å². The molecule has 3 rings (SSSR count). The number of benzene rings is 1. The molecule has 0 saturated heterocycles. The third-order valence-corrected chi connectivity index (χ3v) is 3.89. The second-order valence-electron chi connectivity index (χ2n) is 5.10. The fraction of sp³-hybridized carbons (Fsp3) is 0.429. The van der Waals surface area contributed by atoms with Crippen molar-refractivity contribution in [2.45, 2.75) is 37.6 Å². The highest BCUT2D eigenvalue weighted by molar-refractivity contribution is 5.79. The fourth-order valence-electron chi connectivity index (χ4n) is 2.93. The molecule has 1 aliphatic carbocycles. The highest BCUT2D eigenvalue weighted by Crippen LogP contribution is 2.39. The van der Waals surface area contributed by atoms with E-state index in [1.54, 1.807) is 0 Å². The van der Waals surface area contributed by atoms with E-state index in [0.717, 1.165) is 19.3 Å². The van der Waals surface area contributed by atoms with Crippen LogP contribution < -0.4 is 5.73 Å². The van der Waals surface area contributed by atoms with Crippen molar-refractivity contribution in [3.8, 4) is 0 Å². The molecule has 1 aliphatic rings. The quantitative estimate of drug-likeness (QED) is 0.836. The maximum Gasteiger partial charge on any atom is 0.142 e. The molecule has 18 heavy (non-hydrogen) atoms. The van der Waals surface area contributed by atoms with Gasteiger partial charge in [0.15, 0.2) is 0 Å². The van der Waals surface area contributed by atoms with E-state index in [0.29, 0.717) is 18.2 Å². The number of halogens is 2. The molecular formula is C14H15F2NO. The number of hydrogen-bond acceptors (Lipinski definition) is 2. The predicted molar refractivity (Wildman–Crippen MR) is 65.1 cm³/mol. The number of furan rings is 1. The summed E-state index contributed by atoms with van der Waals surface area (Å²) in [5.74, 6) is -1.16. The minimum absolute atomic E-state index is 0.0242. The van der Waals surface area contributed by atoms with Gasteiger partial charge in [0.05, 0.1) is 11.6 Å². The van der Waals surface area contributed by atoms with Crippen LogP contribution in [-0.4, -0.2) is 0 Å². The van der Waals surface area contributed by atoms with Crippen LogP contribution in [-0.2, 0) is 5.54 Å². The number of hydrogen-bond donors (Lipinski definition) is 1. The summed E-state index contributed by atoms with van der Waals surface area (Å²) in [6.45, 7) is 0. The molecule has 0 amide bonds. The monoisotopic (exact) mass is 251 g/mol. The van der Waals surface area contributed by atoms with Gasteiger partial charge in [-0.3, -0.25) is 0 Å². The Balaban J connectivity index is 2.21. The molecule has 2 aromatic rings. The summed E-state index contributed by atoms with van der Waals surface area (Å²) in [6.07, 6.45) is 5.53. The van der Waals surface area contributed by atoms with Gasteiger partial charge in [0.1, 0.15) is 17.2 Å². The summed E-state index contributed by atoms with van der Waals surface area (Å²) in [7, 11) is 0. The molecule has 0 atom stereocenters. The molecule has 1 heterocycles. The maximum absolute atomic E-state index is 14.4. The Morgan fingerprint density at radius 3 is 2.61 bits per heavy atom. The highest BCUT2D eigenvalue weighted by Gasteiger charge is 2.35. The molecule has 0 bridgehead atoms. The zero-order valence-corrected chi connectivity index (χ0v) is 10.0. The van der Waals surface area contributed by atoms with E-state index in [1.807, 2.05) is 0 Å². The zero-order valence-electron chi connectivity index (χ0n) is 10.0. The van der Waals surface area contributed by atoms with Gasteiger partial charge >= 0.3 is 0 Å². The second-order valence-corrected chi connectivity index (χ2v) is 5.10. The largest absolute Gasteiger partial charge is 0.464 e. The molecule has 1 saturated carbocycles. The Bertz CT molecular complexity index is 585. The second kappa shape index (κ2) is 4.05. The van der Waals surface area contributed by atoms with Crippen molar-refractivity contribution in [1.82, 2.24) is 0 Å². The lowest BCUT2D eigenvalue weighted by Crippen LogP contribution is -2.40. The van der Waals surface area contributed by atoms with Gasteiger partial charge in [0, 0.05) is 17.2 Å². The van der Waals surface area contributed by atoms with Crippen molar-refractivity contribution in [3.05, 3.63) is 35.6 Å². The summed E-state index contributed by atoms with van der Waals surface area (Å²) < 4.78 is 33.6. The Hall–Kier alpha value is -1.42. The van der Waals surface area contributed by atoms with Crippen molar-refractivity contribution in [1.29, 1.82) is 0 Å². The van der Waals surface area contributed by atoms with Gasteiger partial charge in [-0.25, -0.2) is 8.78 Å². The summed E-state index contributed by atoms with van der Waals surface area (Å²) in [5, 5.41) is 0.307. The van der Waals surface area contributed by atoms with Gasteiger partial charge in [-0.1, -0.05) is 19.3 Å². The predicted octanol–water partition coefficient (Wildman–Crippen LogP) is 3.83. The summed E-state index contributed by atoms with van der Waals surface area (Å²) >= 11 is 0. The molecule has 0 radical (unpaired) electrons. The standard InChI is InChI=1S/C14H15F2NO/c15-10-8-11-9(4-7-18-11)13(16)12(10)14(17)5-2-1-3-6-14/h4,7-8H,1-3,5-6,17H2. The first-order chi connectivity index (χ1) is 8.62. The first-order valence-corrected chi connectivity index (χ1v) is 6.26. The third-order valence-electron chi connectivity index (χ3n) is 3.89. The van der Waals surface area contributed by atoms with E-state index < -0.39 is 17.2 Å². The van der Waals surface area contributed by atoms with Crippen molar-refractivity contribution in [3.63, 3.8) is 0 Å². The fourth-order valence-corrected chi connectivity index (χ4v) is 2.93. The van der Waals surface area contributed by atoms with E-state index in [1.165, 1.54) is 18.4 Å². The van der Waals surface area contributed by atoms with Crippen LogP contribution in [0.25, 0.3) is 11.0 Å². The smallest absolute Gasteiger partial charge is 0.142 e. The van der Waals surface area contributed by atoms with Crippen LogP contribution >= 0.6 is 0 Å². The van der Waals surface area contributed by atoms with Crippen LogP contribution in [0.4, 0.5) is 8.78 Å². The van der Waals surface area contributed by atoms with Gasteiger partial charge in [0.2, 0.25) is 0 Å². The van der Waals surface area contributed by atoms with Crippen molar-refractivity contribution in [2.75, 3.05) is 0 Å². The Kier molecular flexibility index (Phi) is 2.63. The normalized spacial score (nSPS) is 19.3. The topological polar surface area (TPSA) is 39.2 Å². The Labute approximate surface area is 104 Å². The van der Waals surface area contributed by atoms with Gasteiger partial charge in [-0.2, -0.15) is 0 Å². The zero-order chi connectivity index (χ0) is 12.8. The van der Waals surface area contributed by atoms with Gasteiger partial charge in [-0.15, -0.1) is 0 Å². The van der Waals surface area contributed by atoms with Gasteiger partial charge in [-0.05, 0) is 18.9 Å². The van der Waals surface area contributed by atoms with Crippen LogP contribution in [0, 0.1) is 11.6 Å². The first-order valence-electron chi connectivity index (χ1n) is 6.26. The highest BCUT2D eigenvalue weighted by atomic mass is 19.1. The van der Waals surface area contributed by atoms with E-state index >= 15 is 0 Å². The molecule has 96 valence electrons. The third kappa shape index (κ3) is 1.63. The SMILES string of the molecule is NC1(c2c(F)cc3occc3c2F)CCCCC1. The molecule has 0 unspecified atom stereocenters. The van der Waals surface area contributed by atoms with Crippen molar-refractivity contribution in [2.24, 2.45) is 5.73 Å². The molecule has 2 nitrogen and oxygen atoms in total. The molecule has 4 heteroatoms. The van der Waals surface area contributed by atoms with Crippen molar-refractivity contribution < 1.29 is 13.2 Å². The van der Waals surface area contributed by atoms with Crippen LogP contribution in [0.1, 0.15) is 37.7 Å². The molecular weight excluding hydrogens is 236 g/mol. The number of fused-ring (bicyclic) bond motifs is 1. The minimum Gasteiger partial charge on any atom is -0.464 e. The number of nitrogens with two attached hydrogens (primary N) is 1. The van der Waals surface area contributed by atoms with Crippen LogP contribution in [0.3, 0.4) is 0 Å². The Morgan fingerprint density at radius 1 is 1.17 bits per heavy atom. The lowest BCUT2D eigenvalue weighted by molar-refractivity contribution is 0.283. The summed E-state index contributed by atoms with van der Waals surface area (Å²) in [6, 6.07) is 2.75. The van der Waals surface area contributed by atoms with Gasteiger partial charge < -0.3 is 10.2 Å². The maximum atomic E-state index is 14.4. The Morgan fingerprint density at radius 2 is 1.89 bits per heavy atom. The minimum atomic E-state index is -0.877. The van der Waals surface area contributed by atoms with E-state index in [9.17, 15) is 8.78 Å². The van der Waals surface area contributed by atoms with E-state index in [2.05, 4.69) is 0 Å². The molecule has 1 fully saturated rings. The summed E-state index contributed by atoms with van der Waals surface area (Å²) in [5.41, 5.74) is 5.61. The van der Waals surface area contributed by atoms with E-state index in [4.69, 9.17) is 10.2 Å². The number of rotatable bonds is 1. The van der Waals surface area contributed by atoms with Crippen LogP contribution in [0.15, 0.2) is 22.8 Å². The van der Waals surface area contributed by atoms with Gasteiger partial charge in [0.25, 0.3) is 0 Å². The first kappa shape index (κ1) is 11.7. The average Bonchev–Trinajstić information content (AvgIpc) is 2.77. The molecule has 1 aromatic carbocycles. The molecule has 0 aliphatic heterocycles.